The number of hydrogen-bond acceptors (Lipinski definition) is 6. The molecule has 2 bridgehead atoms. The second-order valence-electron chi connectivity index (χ2n) is 9.21. The second kappa shape index (κ2) is 12.4. The standard InChI is InChI=1S/C11H19NO2.C7H8O3S.C6H12O/c1-8(2)14-11(13)12-9-4-3-5-10(12)7-6-9;1-11(9,10)7-4-2-6(8)3-5-7;7-6-4-2-1-3-5-6/h8-10H,3-7H2,1-2H3;2-5,8H,1H3;6-7H,1-5H2/t9-,10?;;/m0../s1. The Balaban J connectivity index is 0.000000180. The smallest absolute Gasteiger partial charge is 0.410 e. The number of piperidine rings is 1. The van der Waals surface area contributed by atoms with E-state index in [-0.39, 0.29) is 28.9 Å². The molecule has 32 heavy (non-hydrogen) atoms. The van der Waals surface area contributed by atoms with Crippen LogP contribution in [-0.4, -0.2) is 60.2 Å². The summed E-state index contributed by atoms with van der Waals surface area (Å²) in [5.41, 5.74) is 0. The molecule has 0 radical (unpaired) electrons. The summed E-state index contributed by atoms with van der Waals surface area (Å²) in [6, 6.07) is 6.36. The van der Waals surface area contributed by atoms with Crippen molar-refractivity contribution in [3.8, 4) is 5.75 Å². The molecule has 4 rings (SSSR count). The van der Waals surface area contributed by atoms with Crippen molar-refractivity contribution in [3.05, 3.63) is 24.3 Å². The highest BCUT2D eigenvalue weighted by Crippen LogP contribution is 2.35. The van der Waals surface area contributed by atoms with Gasteiger partial charge in [0, 0.05) is 18.3 Å². The Labute approximate surface area is 192 Å². The van der Waals surface area contributed by atoms with Crippen molar-refractivity contribution in [2.24, 2.45) is 0 Å². The maximum Gasteiger partial charge on any atom is 0.410 e. The molecule has 1 saturated carbocycles. The molecule has 0 aromatic heterocycles. The molecule has 8 heteroatoms. The molecule has 2 atom stereocenters. The third kappa shape index (κ3) is 8.62. The topological polar surface area (TPSA) is 104 Å². The Morgan fingerprint density at radius 1 is 0.938 bits per heavy atom. The highest BCUT2D eigenvalue weighted by atomic mass is 32.2. The summed E-state index contributed by atoms with van der Waals surface area (Å²) in [7, 11) is -3.13. The number of rotatable bonds is 2. The molecule has 0 spiro atoms. The van der Waals surface area contributed by atoms with Crippen LogP contribution >= 0.6 is 0 Å². The van der Waals surface area contributed by atoms with E-state index in [1.165, 1.54) is 75.6 Å². The first kappa shape index (κ1) is 26.5. The first-order chi connectivity index (χ1) is 15.1. The summed E-state index contributed by atoms with van der Waals surface area (Å²) in [5, 5.41) is 17.7. The van der Waals surface area contributed by atoms with Gasteiger partial charge in [-0.15, -0.1) is 0 Å². The van der Waals surface area contributed by atoms with Crippen LogP contribution < -0.4 is 0 Å². The van der Waals surface area contributed by atoms with Crippen LogP contribution in [0.25, 0.3) is 0 Å². The van der Waals surface area contributed by atoms with Gasteiger partial charge in [0.15, 0.2) is 9.84 Å². The third-order valence-electron chi connectivity index (χ3n) is 6.08. The molecule has 3 aliphatic rings. The number of fused-ring (bicyclic) bond motifs is 2. The van der Waals surface area contributed by atoms with Crippen LogP contribution in [0.1, 0.15) is 78.1 Å². The van der Waals surface area contributed by atoms with Gasteiger partial charge in [-0.3, -0.25) is 0 Å². The van der Waals surface area contributed by atoms with Gasteiger partial charge in [0.25, 0.3) is 0 Å². The molecule has 1 aliphatic carbocycles. The molecule has 7 nitrogen and oxygen atoms in total. The zero-order chi connectivity index (χ0) is 23.7. The zero-order valence-corrected chi connectivity index (χ0v) is 20.4. The Morgan fingerprint density at radius 2 is 1.47 bits per heavy atom. The summed E-state index contributed by atoms with van der Waals surface area (Å²) >= 11 is 0. The van der Waals surface area contributed by atoms with Crippen LogP contribution in [-0.2, 0) is 14.6 Å². The maximum absolute atomic E-state index is 11.8. The van der Waals surface area contributed by atoms with Gasteiger partial charge in [-0.05, 0) is 83.1 Å². The number of ether oxygens (including phenoxy) is 1. The van der Waals surface area contributed by atoms with Gasteiger partial charge in [0.1, 0.15) is 5.75 Å². The Bertz CT molecular complexity index is 786. The third-order valence-corrected chi connectivity index (χ3v) is 7.21. The monoisotopic (exact) mass is 469 g/mol. The average molecular weight is 470 g/mol. The van der Waals surface area contributed by atoms with E-state index < -0.39 is 9.84 Å². The summed E-state index contributed by atoms with van der Waals surface area (Å²) in [5.74, 6) is 0.0670. The number of phenols is 1. The van der Waals surface area contributed by atoms with Crippen molar-refractivity contribution in [1.82, 2.24) is 4.90 Å². The van der Waals surface area contributed by atoms with Crippen LogP contribution in [0.4, 0.5) is 4.79 Å². The highest BCUT2D eigenvalue weighted by molar-refractivity contribution is 7.90. The van der Waals surface area contributed by atoms with Gasteiger partial charge in [0.2, 0.25) is 0 Å². The molecule has 2 saturated heterocycles. The van der Waals surface area contributed by atoms with Crippen molar-refractivity contribution in [2.75, 3.05) is 6.26 Å². The lowest BCUT2D eigenvalue weighted by Crippen LogP contribution is -2.44. The fraction of sp³-hybridized carbons (Fsp3) is 0.708. The molecule has 2 heterocycles. The summed E-state index contributed by atoms with van der Waals surface area (Å²) in [6.45, 7) is 3.81. The van der Waals surface area contributed by atoms with E-state index in [1.54, 1.807) is 0 Å². The Kier molecular flexibility index (Phi) is 10.3. The molecule has 182 valence electrons. The number of carbonyl (C=O) groups is 1. The van der Waals surface area contributed by atoms with Crippen molar-refractivity contribution in [3.63, 3.8) is 0 Å². The highest BCUT2D eigenvalue weighted by Gasteiger charge is 2.40. The van der Waals surface area contributed by atoms with E-state index in [2.05, 4.69) is 0 Å². The summed E-state index contributed by atoms with van der Waals surface area (Å²) < 4.78 is 27.0. The lowest BCUT2D eigenvalue weighted by Gasteiger charge is -2.34. The van der Waals surface area contributed by atoms with Gasteiger partial charge in [-0.1, -0.05) is 19.3 Å². The van der Waals surface area contributed by atoms with E-state index in [4.69, 9.17) is 14.9 Å². The number of benzene rings is 1. The lowest BCUT2D eigenvalue weighted by atomic mass is 9.98. The SMILES string of the molecule is CC(C)OC(=O)N1C2CCC[C@H]1CC2.CS(=O)(=O)c1ccc(O)cc1.OC1CCCCC1. The fourth-order valence-electron chi connectivity index (χ4n) is 4.45. The van der Waals surface area contributed by atoms with Gasteiger partial charge >= 0.3 is 6.09 Å². The normalized spacial score (nSPS) is 23.0. The number of aromatic hydroxyl groups is 1. The van der Waals surface area contributed by atoms with Crippen molar-refractivity contribution in [2.45, 2.75) is 107 Å². The number of carbonyl (C=O) groups excluding carboxylic acids is 1. The van der Waals surface area contributed by atoms with Crippen LogP contribution in [0.3, 0.4) is 0 Å². The number of amides is 1. The molecule has 1 aromatic carbocycles. The number of aliphatic hydroxyl groups is 1. The summed E-state index contributed by atoms with van der Waals surface area (Å²) in [6.07, 6.45) is 12.9. The van der Waals surface area contributed by atoms with E-state index in [0.717, 1.165) is 19.1 Å². The van der Waals surface area contributed by atoms with E-state index >= 15 is 0 Å². The molecule has 2 aliphatic heterocycles. The van der Waals surface area contributed by atoms with Crippen LogP contribution in [0, 0.1) is 0 Å². The minimum absolute atomic E-state index is 0.00354. The van der Waals surface area contributed by atoms with Crippen molar-refractivity contribution >= 4 is 15.9 Å². The van der Waals surface area contributed by atoms with Gasteiger partial charge in [-0.25, -0.2) is 13.2 Å². The van der Waals surface area contributed by atoms with Gasteiger partial charge < -0.3 is 19.8 Å². The molecule has 3 fully saturated rings. The first-order valence-electron chi connectivity index (χ1n) is 11.7. The molecular formula is C24H39NO6S. The minimum atomic E-state index is -3.13. The van der Waals surface area contributed by atoms with Crippen LogP contribution in [0.2, 0.25) is 0 Å². The zero-order valence-electron chi connectivity index (χ0n) is 19.6. The van der Waals surface area contributed by atoms with Gasteiger partial charge in [-0.2, -0.15) is 0 Å². The van der Waals surface area contributed by atoms with E-state index in [1.807, 2.05) is 18.7 Å². The molecule has 1 aromatic rings. The second-order valence-corrected chi connectivity index (χ2v) is 11.2. The van der Waals surface area contributed by atoms with Crippen LogP contribution in [0.15, 0.2) is 29.2 Å². The molecular weight excluding hydrogens is 430 g/mol. The molecule has 2 N–H and O–H groups in total. The van der Waals surface area contributed by atoms with Gasteiger partial charge in [0.05, 0.1) is 17.1 Å². The van der Waals surface area contributed by atoms with E-state index in [0.29, 0.717) is 12.1 Å². The molecule has 1 amide bonds. The Hall–Kier alpha value is -1.80. The summed E-state index contributed by atoms with van der Waals surface area (Å²) in [4.78, 5) is 14.0. The number of phenolic OH excluding ortho intramolecular Hbond substituents is 1. The first-order valence-corrected chi connectivity index (χ1v) is 13.6. The molecule has 1 unspecified atom stereocenters. The van der Waals surface area contributed by atoms with Crippen molar-refractivity contribution in [1.29, 1.82) is 0 Å². The number of aliphatic hydroxyl groups excluding tert-OH is 1. The average Bonchev–Trinajstić information content (AvgIpc) is 2.98. The number of sulfone groups is 1. The largest absolute Gasteiger partial charge is 0.508 e. The quantitative estimate of drug-likeness (QED) is 0.653. The van der Waals surface area contributed by atoms with Crippen molar-refractivity contribution < 1.29 is 28.2 Å². The fourth-order valence-corrected chi connectivity index (χ4v) is 5.08. The van der Waals surface area contributed by atoms with E-state index in [9.17, 15) is 13.2 Å². The predicted molar refractivity (Wildman–Crippen MR) is 124 cm³/mol. The minimum Gasteiger partial charge on any atom is -0.508 e. The van der Waals surface area contributed by atoms with Crippen LogP contribution in [0.5, 0.6) is 5.75 Å². The lowest BCUT2D eigenvalue weighted by molar-refractivity contribution is 0.0501. The predicted octanol–water partition coefficient (Wildman–Crippen LogP) is 4.66. The Morgan fingerprint density at radius 3 is 1.88 bits per heavy atom. The number of hydrogen-bond donors (Lipinski definition) is 2. The number of nitrogens with zero attached hydrogens (tertiary/aromatic N) is 1. The maximum atomic E-state index is 11.8.